The Morgan fingerprint density at radius 3 is 2.72 bits per heavy atom. The van der Waals surface area contributed by atoms with Gasteiger partial charge in [0.2, 0.25) is 0 Å². The van der Waals surface area contributed by atoms with Crippen LogP contribution in [0.5, 0.6) is 11.5 Å². The Kier molecular flexibility index (Phi) is 6.33. The predicted octanol–water partition coefficient (Wildman–Crippen LogP) is 3.59. The average Bonchev–Trinajstić information content (AvgIpc) is 2.36. The van der Waals surface area contributed by atoms with E-state index in [0.29, 0.717) is 23.1 Å². The van der Waals surface area contributed by atoms with Gasteiger partial charge in [0.1, 0.15) is 6.61 Å². The lowest BCUT2D eigenvalue weighted by Gasteiger charge is -2.14. The number of ether oxygens (including phenoxy) is 2. The van der Waals surface area contributed by atoms with Gasteiger partial charge in [-0.05, 0) is 37.2 Å². The number of hydrogen-bond donors (Lipinski definition) is 1. The first-order chi connectivity index (χ1) is 8.62. The molecule has 0 unspecified atom stereocenters. The molecule has 1 aromatic rings. The number of methoxy groups -OCH3 is 1. The van der Waals surface area contributed by atoms with Gasteiger partial charge in [-0.2, -0.15) is 0 Å². The van der Waals surface area contributed by atoms with Crippen molar-refractivity contribution in [3.63, 3.8) is 0 Å². The minimum Gasteiger partial charge on any atom is -0.493 e. The molecule has 0 radical (unpaired) electrons. The van der Waals surface area contributed by atoms with Crippen molar-refractivity contribution >= 4 is 23.2 Å². The first kappa shape index (κ1) is 15.2. The third-order valence-corrected chi connectivity index (χ3v) is 2.95. The van der Waals surface area contributed by atoms with Crippen LogP contribution in [0.3, 0.4) is 0 Å². The van der Waals surface area contributed by atoms with Crippen LogP contribution in [0.15, 0.2) is 23.2 Å². The monoisotopic (exact) mass is 289 g/mol. The Hall–Kier alpha value is -0.900. The zero-order chi connectivity index (χ0) is 13.5. The van der Waals surface area contributed by atoms with Crippen molar-refractivity contribution < 1.29 is 9.47 Å². The summed E-state index contributed by atoms with van der Waals surface area (Å²) in [4.78, 5) is 0. The summed E-state index contributed by atoms with van der Waals surface area (Å²) in [6.45, 7) is 2.98. The largest absolute Gasteiger partial charge is 0.493 e. The summed E-state index contributed by atoms with van der Waals surface area (Å²) in [7, 11) is 3.46. The molecular formula is C13H17Cl2NO2. The molecule has 1 rings (SSSR count). The highest BCUT2D eigenvalue weighted by Gasteiger charge is 2.12. The maximum Gasteiger partial charge on any atom is 0.180 e. The summed E-state index contributed by atoms with van der Waals surface area (Å²) in [5.74, 6) is 1.16. The highest BCUT2D eigenvalue weighted by atomic mass is 35.5. The van der Waals surface area contributed by atoms with E-state index in [1.165, 1.54) is 5.54 Å². The molecule has 0 atom stereocenters. The Balaban J connectivity index is 2.96. The van der Waals surface area contributed by atoms with E-state index in [9.17, 15) is 0 Å². The highest BCUT2D eigenvalue weighted by molar-refractivity contribution is 6.32. The van der Waals surface area contributed by atoms with Gasteiger partial charge in [-0.3, -0.25) is 0 Å². The van der Waals surface area contributed by atoms with Crippen molar-refractivity contribution in [1.29, 1.82) is 0 Å². The fourth-order valence-electron chi connectivity index (χ4n) is 1.44. The van der Waals surface area contributed by atoms with Crippen LogP contribution in [0.2, 0.25) is 5.02 Å². The maximum atomic E-state index is 6.19. The topological polar surface area (TPSA) is 30.5 Å². The van der Waals surface area contributed by atoms with E-state index >= 15 is 0 Å². The molecule has 0 saturated heterocycles. The predicted molar refractivity (Wildman–Crippen MR) is 75.9 cm³/mol. The van der Waals surface area contributed by atoms with Crippen LogP contribution in [-0.2, 0) is 6.54 Å². The van der Waals surface area contributed by atoms with Crippen molar-refractivity contribution in [2.24, 2.45) is 0 Å². The molecule has 0 spiro atoms. The fraction of sp³-hybridized carbons (Fsp3) is 0.385. The molecule has 0 amide bonds. The van der Waals surface area contributed by atoms with Gasteiger partial charge < -0.3 is 14.8 Å². The fourth-order valence-corrected chi connectivity index (χ4v) is 1.79. The highest BCUT2D eigenvalue weighted by Crippen LogP contribution is 2.36. The molecule has 0 saturated carbocycles. The summed E-state index contributed by atoms with van der Waals surface area (Å²) < 4.78 is 10.9. The third kappa shape index (κ3) is 4.09. The Morgan fingerprint density at radius 1 is 1.44 bits per heavy atom. The van der Waals surface area contributed by atoms with Crippen LogP contribution >= 0.6 is 23.2 Å². The van der Waals surface area contributed by atoms with Crippen LogP contribution in [0.4, 0.5) is 0 Å². The molecule has 0 aliphatic carbocycles. The molecule has 0 aliphatic rings. The molecule has 0 bridgehead atoms. The van der Waals surface area contributed by atoms with Gasteiger partial charge >= 0.3 is 0 Å². The first-order valence-electron chi connectivity index (χ1n) is 5.52. The van der Waals surface area contributed by atoms with Crippen molar-refractivity contribution in [2.75, 3.05) is 20.8 Å². The number of hydrogen-bond acceptors (Lipinski definition) is 3. The molecule has 0 fully saturated rings. The minimum absolute atomic E-state index is 0.380. The molecule has 5 heteroatoms. The number of nitrogens with one attached hydrogen (secondary N) is 1. The number of rotatable bonds is 6. The van der Waals surface area contributed by atoms with Gasteiger partial charge in [0.15, 0.2) is 11.5 Å². The van der Waals surface area contributed by atoms with Crippen molar-refractivity contribution in [1.82, 2.24) is 5.32 Å². The summed E-state index contributed by atoms with van der Waals surface area (Å²) >= 11 is 11.8. The van der Waals surface area contributed by atoms with Crippen LogP contribution in [-0.4, -0.2) is 20.8 Å². The second-order valence-corrected chi connectivity index (χ2v) is 4.51. The Labute approximate surface area is 118 Å². The van der Waals surface area contributed by atoms with Crippen molar-refractivity contribution in [3.05, 3.63) is 33.8 Å². The molecule has 0 heterocycles. The Bertz CT molecular complexity index is 433. The summed E-state index contributed by atoms with van der Waals surface area (Å²) in [5.41, 5.74) is 3.43. The third-order valence-electron chi connectivity index (χ3n) is 2.30. The summed E-state index contributed by atoms with van der Waals surface area (Å²) in [6, 6.07) is 3.76. The van der Waals surface area contributed by atoms with Gasteiger partial charge in [-0.15, -0.1) is 0 Å². The van der Waals surface area contributed by atoms with Crippen LogP contribution in [0.1, 0.15) is 12.5 Å². The maximum absolute atomic E-state index is 6.19. The van der Waals surface area contributed by atoms with Crippen molar-refractivity contribution in [2.45, 2.75) is 13.5 Å². The Morgan fingerprint density at radius 2 is 2.17 bits per heavy atom. The number of benzene rings is 1. The van der Waals surface area contributed by atoms with Gasteiger partial charge in [0, 0.05) is 12.1 Å². The smallest absolute Gasteiger partial charge is 0.180 e. The standard InChI is InChI=1S/C13H17Cl2NO2/c1-9(6-14)8-18-13-11(15)4-10(7-16-2)5-12(13)17-3/h4-6,16H,7-8H2,1-3H3/b9-6+. The van der Waals surface area contributed by atoms with E-state index in [1.807, 2.05) is 26.1 Å². The van der Waals surface area contributed by atoms with E-state index in [0.717, 1.165) is 17.7 Å². The second kappa shape index (κ2) is 7.52. The molecule has 18 heavy (non-hydrogen) atoms. The lowest BCUT2D eigenvalue weighted by atomic mass is 10.2. The van der Waals surface area contributed by atoms with Gasteiger partial charge in [0.25, 0.3) is 0 Å². The SMILES string of the molecule is CNCc1cc(Cl)c(OC/C(C)=C/Cl)c(OC)c1. The molecule has 100 valence electrons. The second-order valence-electron chi connectivity index (χ2n) is 3.88. The van der Waals surface area contributed by atoms with E-state index < -0.39 is 0 Å². The zero-order valence-electron chi connectivity index (χ0n) is 10.7. The van der Waals surface area contributed by atoms with E-state index in [2.05, 4.69) is 5.32 Å². The molecule has 1 aromatic carbocycles. The van der Waals surface area contributed by atoms with E-state index in [-0.39, 0.29) is 0 Å². The van der Waals surface area contributed by atoms with Crippen LogP contribution in [0.25, 0.3) is 0 Å². The zero-order valence-corrected chi connectivity index (χ0v) is 12.2. The summed E-state index contributed by atoms with van der Waals surface area (Å²) in [5, 5.41) is 3.59. The quantitative estimate of drug-likeness (QED) is 0.868. The molecule has 0 aliphatic heterocycles. The number of halogens is 2. The average molecular weight is 290 g/mol. The molecule has 3 nitrogen and oxygen atoms in total. The van der Waals surface area contributed by atoms with Crippen LogP contribution < -0.4 is 14.8 Å². The first-order valence-corrected chi connectivity index (χ1v) is 6.33. The normalized spacial score (nSPS) is 11.5. The lowest BCUT2D eigenvalue weighted by Crippen LogP contribution is -2.06. The summed E-state index contributed by atoms with van der Waals surface area (Å²) in [6.07, 6.45) is 0. The molecule has 0 aromatic heterocycles. The van der Waals surface area contributed by atoms with Crippen LogP contribution in [0, 0.1) is 0 Å². The van der Waals surface area contributed by atoms with Gasteiger partial charge in [-0.1, -0.05) is 23.2 Å². The van der Waals surface area contributed by atoms with Crippen molar-refractivity contribution in [3.8, 4) is 11.5 Å². The van der Waals surface area contributed by atoms with Gasteiger partial charge in [-0.25, -0.2) is 0 Å². The van der Waals surface area contributed by atoms with Gasteiger partial charge in [0.05, 0.1) is 12.1 Å². The van der Waals surface area contributed by atoms with E-state index in [4.69, 9.17) is 32.7 Å². The molecule has 1 N–H and O–H groups in total. The minimum atomic E-state index is 0.380. The lowest BCUT2D eigenvalue weighted by molar-refractivity contribution is 0.319. The van der Waals surface area contributed by atoms with E-state index in [1.54, 1.807) is 7.11 Å². The molecular weight excluding hydrogens is 273 g/mol.